The Labute approximate surface area is 118 Å². The highest BCUT2D eigenvalue weighted by atomic mass is 35.5. The third kappa shape index (κ3) is 3.69. The van der Waals surface area contributed by atoms with Crippen LogP contribution >= 0.6 is 23.4 Å². The fraction of sp³-hybridized carbons (Fsp3) is 0.375. The summed E-state index contributed by atoms with van der Waals surface area (Å²) in [6.07, 6.45) is 1.83. The number of hydrogen-bond acceptors (Lipinski definition) is 7. The van der Waals surface area contributed by atoms with E-state index in [-0.39, 0.29) is 17.5 Å². The monoisotopic (exact) mass is 322 g/mol. The number of hydrogen-bond donors (Lipinski definition) is 2. The molecular weight excluding hydrogens is 312 g/mol. The first kappa shape index (κ1) is 14.3. The molecule has 2 aromatic heterocycles. The SMILES string of the molecule is CSc1nc(NCCS(N)(=O)=O)n2nc(Cl)cc2n1. The lowest BCUT2D eigenvalue weighted by atomic mass is 10.6. The smallest absolute Gasteiger partial charge is 0.228 e. The summed E-state index contributed by atoms with van der Waals surface area (Å²) in [6, 6.07) is 1.59. The molecule has 0 saturated heterocycles. The molecule has 2 rings (SSSR count). The van der Waals surface area contributed by atoms with Crippen LogP contribution in [0.4, 0.5) is 5.95 Å². The van der Waals surface area contributed by atoms with Gasteiger partial charge in [-0.15, -0.1) is 0 Å². The zero-order valence-electron chi connectivity index (χ0n) is 9.87. The second-order valence-electron chi connectivity index (χ2n) is 3.56. The number of nitrogens with one attached hydrogen (secondary N) is 1. The first-order chi connectivity index (χ1) is 8.89. The van der Waals surface area contributed by atoms with Crippen LogP contribution in [-0.2, 0) is 10.0 Å². The van der Waals surface area contributed by atoms with Crippen molar-refractivity contribution in [2.24, 2.45) is 5.14 Å². The molecule has 0 unspecified atom stereocenters. The Kier molecular flexibility index (Phi) is 4.13. The summed E-state index contributed by atoms with van der Waals surface area (Å²) in [5, 5.41) is 12.6. The summed E-state index contributed by atoms with van der Waals surface area (Å²) < 4.78 is 23.1. The minimum absolute atomic E-state index is 0.121. The number of primary sulfonamides is 1. The molecule has 0 bridgehead atoms. The first-order valence-electron chi connectivity index (χ1n) is 5.11. The molecule has 19 heavy (non-hydrogen) atoms. The lowest BCUT2D eigenvalue weighted by Gasteiger charge is -2.07. The van der Waals surface area contributed by atoms with Gasteiger partial charge >= 0.3 is 0 Å². The Morgan fingerprint density at radius 1 is 1.53 bits per heavy atom. The molecule has 0 radical (unpaired) electrons. The summed E-state index contributed by atoms with van der Waals surface area (Å²) >= 11 is 7.16. The lowest BCUT2D eigenvalue weighted by molar-refractivity contribution is 0.598. The average molecular weight is 323 g/mol. The predicted molar refractivity (Wildman–Crippen MR) is 74.0 cm³/mol. The van der Waals surface area contributed by atoms with Crippen molar-refractivity contribution in [3.05, 3.63) is 11.2 Å². The summed E-state index contributed by atoms with van der Waals surface area (Å²) in [5.74, 6) is 0.159. The van der Waals surface area contributed by atoms with Crippen molar-refractivity contribution in [1.82, 2.24) is 19.6 Å². The van der Waals surface area contributed by atoms with Crippen LogP contribution in [0.5, 0.6) is 0 Å². The van der Waals surface area contributed by atoms with Gasteiger partial charge in [0, 0.05) is 12.6 Å². The van der Waals surface area contributed by atoms with Crippen molar-refractivity contribution in [3.8, 4) is 0 Å². The van der Waals surface area contributed by atoms with Crippen LogP contribution in [0.3, 0.4) is 0 Å². The Morgan fingerprint density at radius 2 is 2.26 bits per heavy atom. The molecule has 0 aliphatic heterocycles. The standard InChI is InChI=1S/C8H11ClN6O2S2/c1-18-8-12-6-4-5(9)14-15(6)7(13-8)11-2-3-19(10,16)17/h4H,2-3H2,1H3,(H2,10,16,17)(H,11,12,13). The number of rotatable bonds is 5. The molecule has 8 nitrogen and oxygen atoms in total. The molecule has 0 aliphatic rings. The van der Waals surface area contributed by atoms with E-state index < -0.39 is 10.0 Å². The Bertz CT molecular complexity index is 701. The van der Waals surface area contributed by atoms with E-state index in [4.69, 9.17) is 16.7 Å². The normalized spacial score (nSPS) is 11.9. The highest BCUT2D eigenvalue weighted by Crippen LogP contribution is 2.17. The number of fused-ring (bicyclic) bond motifs is 1. The van der Waals surface area contributed by atoms with E-state index in [2.05, 4.69) is 20.4 Å². The zero-order chi connectivity index (χ0) is 14.0. The topological polar surface area (TPSA) is 115 Å². The van der Waals surface area contributed by atoms with Gasteiger partial charge in [0.1, 0.15) is 0 Å². The Balaban J connectivity index is 2.30. The number of thioether (sulfide) groups is 1. The number of sulfonamides is 1. The van der Waals surface area contributed by atoms with Crippen LogP contribution in [0.15, 0.2) is 11.2 Å². The van der Waals surface area contributed by atoms with Crippen LogP contribution in [0.2, 0.25) is 5.15 Å². The Morgan fingerprint density at radius 3 is 2.89 bits per heavy atom. The van der Waals surface area contributed by atoms with E-state index in [9.17, 15) is 8.42 Å². The van der Waals surface area contributed by atoms with Gasteiger partial charge in [0.15, 0.2) is 16.0 Å². The third-order valence-electron chi connectivity index (χ3n) is 2.13. The van der Waals surface area contributed by atoms with E-state index in [0.717, 1.165) is 0 Å². The first-order valence-corrected chi connectivity index (χ1v) is 8.42. The molecule has 2 heterocycles. The molecule has 11 heteroatoms. The highest BCUT2D eigenvalue weighted by Gasteiger charge is 2.10. The molecule has 0 aromatic carbocycles. The van der Waals surface area contributed by atoms with Crippen LogP contribution < -0.4 is 10.5 Å². The van der Waals surface area contributed by atoms with E-state index in [1.165, 1.54) is 16.3 Å². The fourth-order valence-corrected chi connectivity index (χ4v) is 2.27. The lowest BCUT2D eigenvalue weighted by Crippen LogP contribution is -2.23. The summed E-state index contributed by atoms with van der Waals surface area (Å²) in [7, 11) is -3.52. The summed E-state index contributed by atoms with van der Waals surface area (Å²) in [6.45, 7) is 0.121. The van der Waals surface area contributed by atoms with Crippen molar-refractivity contribution in [2.45, 2.75) is 5.16 Å². The second kappa shape index (κ2) is 5.49. The summed E-state index contributed by atoms with van der Waals surface area (Å²) in [4.78, 5) is 8.42. The van der Waals surface area contributed by atoms with Crippen LogP contribution in [0, 0.1) is 0 Å². The molecule has 3 N–H and O–H groups in total. The predicted octanol–water partition coefficient (Wildman–Crippen LogP) is 0.200. The number of aromatic nitrogens is 4. The molecule has 104 valence electrons. The molecule has 0 aliphatic carbocycles. The minimum atomic E-state index is -3.52. The van der Waals surface area contributed by atoms with Crippen molar-refractivity contribution in [2.75, 3.05) is 23.9 Å². The minimum Gasteiger partial charge on any atom is -0.353 e. The van der Waals surface area contributed by atoms with Crippen LogP contribution in [0.25, 0.3) is 5.65 Å². The number of halogens is 1. The van der Waals surface area contributed by atoms with E-state index >= 15 is 0 Å². The van der Waals surface area contributed by atoms with Crippen LogP contribution in [0.1, 0.15) is 0 Å². The maximum atomic E-state index is 10.9. The molecule has 0 fully saturated rings. The van der Waals surface area contributed by atoms with Crippen molar-refractivity contribution < 1.29 is 8.42 Å². The van der Waals surface area contributed by atoms with Gasteiger partial charge in [0.2, 0.25) is 16.0 Å². The van der Waals surface area contributed by atoms with Gasteiger partial charge in [0.05, 0.1) is 5.75 Å². The van der Waals surface area contributed by atoms with E-state index in [1.54, 1.807) is 6.07 Å². The van der Waals surface area contributed by atoms with Gasteiger partial charge in [0.25, 0.3) is 0 Å². The molecular formula is C8H11ClN6O2S2. The number of anilines is 1. The quantitative estimate of drug-likeness (QED) is 0.755. The van der Waals surface area contributed by atoms with Gasteiger partial charge < -0.3 is 5.32 Å². The summed E-state index contributed by atoms with van der Waals surface area (Å²) in [5.41, 5.74) is 0.530. The largest absolute Gasteiger partial charge is 0.353 e. The maximum Gasteiger partial charge on any atom is 0.228 e. The van der Waals surface area contributed by atoms with Gasteiger partial charge in [-0.05, 0) is 6.26 Å². The van der Waals surface area contributed by atoms with Gasteiger partial charge in [-0.25, -0.2) is 18.5 Å². The maximum absolute atomic E-state index is 10.9. The molecule has 2 aromatic rings. The molecule has 0 atom stereocenters. The number of nitrogens with two attached hydrogens (primary N) is 1. The molecule has 0 amide bonds. The van der Waals surface area contributed by atoms with Crippen molar-refractivity contribution in [3.63, 3.8) is 0 Å². The fourth-order valence-electron chi connectivity index (χ4n) is 1.35. The van der Waals surface area contributed by atoms with E-state index in [1.807, 2.05) is 6.26 Å². The molecule has 0 spiro atoms. The van der Waals surface area contributed by atoms with Gasteiger partial charge in [-0.2, -0.15) is 14.6 Å². The third-order valence-corrected chi connectivity index (χ3v) is 3.63. The zero-order valence-corrected chi connectivity index (χ0v) is 12.3. The van der Waals surface area contributed by atoms with Gasteiger partial charge in [-0.1, -0.05) is 23.4 Å². The Hall–Kier alpha value is -1.10. The average Bonchev–Trinajstić information content (AvgIpc) is 2.67. The highest BCUT2D eigenvalue weighted by molar-refractivity contribution is 7.98. The van der Waals surface area contributed by atoms with E-state index in [0.29, 0.717) is 16.8 Å². The van der Waals surface area contributed by atoms with Crippen molar-refractivity contribution in [1.29, 1.82) is 0 Å². The van der Waals surface area contributed by atoms with Crippen molar-refractivity contribution >= 4 is 45.0 Å². The van der Waals surface area contributed by atoms with Crippen LogP contribution in [-0.4, -0.2) is 46.6 Å². The number of nitrogens with zero attached hydrogens (tertiary/aromatic N) is 4. The van der Waals surface area contributed by atoms with Gasteiger partial charge in [-0.3, -0.25) is 0 Å². The second-order valence-corrected chi connectivity index (χ2v) is 6.46. The molecule has 0 saturated carbocycles.